The lowest BCUT2D eigenvalue weighted by Crippen LogP contribution is -2.09. The zero-order valence-electron chi connectivity index (χ0n) is 7.75. The van der Waals surface area contributed by atoms with E-state index in [4.69, 9.17) is 22.0 Å². The molecule has 0 amide bonds. The van der Waals surface area contributed by atoms with Crippen LogP contribution in [0, 0.1) is 11.3 Å². The molecule has 7 heteroatoms. The van der Waals surface area contributed by atoms with E-state index in [1.54, 1.807) is 0 Å². The van der Waals surface area contributed by atoms with Gasteiger partial charge in [0.25, 0.3) is 6.43 Å². The molecule has 16 heavy (non-hydrogen) atoms. The third-order valence-corrected chi connectivity index (χ3v) is 2.05. The number of pyridine rings is 1. The fourth-order valence-electron chi connectivity index (χ4n) is 1.15. The van der Waals surface area contributed by atoms with Crippen LogP contribution in [0.5, 0.6) is 0 Å². The molecule has 1 N–H and O–H groups in total. The van der Waals surface area contributed by atoms with Crippen molar-refractivity contribution in [1.82, 2.24) is 4.98 Å². The average Bonchev–Trinajstić information content (AvgIpc) is 2.26. The molecule has 0 saturated carbocycles. The first-order valence-corrected chi connectivity index (χ1v) is 4.56. The second-order valence-corrected chi connectivity index (χ2v) is 3.03. The first-order valence-electron chi connectivity index (χ1n) is 4.02. The number of halogens is 3. The zero-order valence-corrected chi connectivity index (χ0v) is 8.50. The summed E-state index contributed by atoms with van der Waals surface area (Å²) in [6, 6.07) is 2.29. The number of rotatable bonds is 3. The summed E-state index contributed by atoms with van der Waals surface area (Å²) in [6.07, 6.45) is -2.88. The largest absolute Gasteiger partial charge is 0.478 e. The van der Waals surface area contributed by atoms with Gasteiger partial charge in [-0.25, -0.2) is 18.6 Å². The van der Waals surface area contributed by atoms with Gasteiger partial charge in [-0.05, 0) is 6.07 Å². The summed E-state index contributed by atoms with van der Waals surface area (Å²) in [6.45, 7) is 0. The Kier molecular flexibility index (Phi) is 3.74. The molecule has 4 nitrogen and oxygen atoms in total. The van der Waals surface area contributed by atoms with Crippen molar-refractivity contribution in [2.75, 3.05) is 0 Å². The predicted octanol–water partition coefficient (Wildman–Crippen LogP) is 2.33. The van der Waals surface area contributed by atoms with Gasteiger partial charge in [-0.1, -0.05) is 0 Å². The number of carboxylic acids is 1. The summed E-state index contributed by atoms with van der Waals surface area (Å²) in [4.78, 5) is 14.2. The van der Waals surface area contributed by atoms with Crippen LogP contribution in [-0.4, -0.2) is 16.1 Å². The van der Waals surface area contributed by atoms with Crippen molar-refractivity contribution in [3.05, 3.63) is 28.6 Å². The Labute approximate surface area is 94.1 Å². The summed E-state index contributed by atoms with van der Waals surface area (Å²) in [5.74, 6) is -1.77. The van der Waals surface area contributed by atoms with E-state index < -0.39 is 23.7 Å². The molecule has 0 aliphatic heterocycles. The van der Waals surface area contributed by atoms with Crippen LogP contribution in [0.1, 0.15) is 33.7 Å². The van der Waals surface area contributed by atoms with Crippen LogP contribution in [-0.2, 0) is 5.88 Å². The molecule has 1 heterocycles. The highest BCUT2D eigenvalue weighted by molar-refractivity contribution is 6.17. The van der Waals surface area contributed by atoms with E-state index in [0.29, 0.717) is 0 Å². The Bertz CT molecular complexity index is 471. The van der Waals surface area contributed by atoms with Crippen molar-refractivity contribution >= 4 is 17.6 Å². The molecule has 0 aliphatic rings. The van der Waals surface area contributed by atoms with Crippen LogP contribution in [0.25, 0.3) is 0 Å². The number of nitrogens with zero attached hydrogens (tertiary/aromatic N) is 2. The Morgan fingerprint density at radius 3 is 2.69 bits per heavy atom. The van der Waals surface area contributed by atoms with E-state index in [1.165, 1.54) is 6.07 Å². The van der Waals surface area contributed by atoms with E-state index in [9.17, 15) is 13.6 Å². The third-order valence-electron chi connectivity index (χ3n) is 1.80. The second-order valence-electron chi connectivity index (χ2n) is 2.77. The number of alkyl halides is 3. The molecule has 0 atom stereocenters. The number of aromatic carboxylic acids is 1. The molecular formula is C9H5ClF2N2O2. The number of nitriles is 1. The SMILES string of the molecule is N#Cc1cc(C(F)F)nc(CCl)c1C(=O)O. The summed E-state index contributed by atoms with van der Waals surface area (Å²) >= 11 is 5.40. The lowest BCUT2D eigenvalue weighted by molar-refractivity contribution is 0.0694. The minimum absolute atomic E-state index is 0.233. The first kappa shape index (κ1) is 12.3. The molecule has 0 fully saturated rings. The molecule has 0 spiro atoms. The van der Waals surface area contributed by atoms with Gasteiger partial charge in [-0.15, -0.1) is 11.6 Å². The second kappa shape index (κ2) is 4.86. The molecule has 1 aromatic rings. The molecule has 0 unspecified atom stereocenters. The highest BCUT2D eigenvalue weighted by Gasteiger charge is 2.21. The third kappa shape index (κ3) is 2.25. The van der Waals surface area contributed by atoms with Gasteiger partial charge in [0.15, 0.2) is 0 Å². The summed E-state index contributed by atoms with van der Waals surface area (Å²) < 4.78 is 24.7. The molecule has 0 aliphatic carbocycles. The minimum Gasteiger partial charge on any atom is -0.478 e. The van der Waals surface area contributed by atoms with Gasteiger partial charge in [0.1, 0.15) is 11.8 Å². The number of hydrogen-bond acceptors (Lipinski definition) is 3. The van der Waals surface area contributed by atoms with Crippen molar-refractivity contribution in [2.45, 2.75) is 12.3 Å². The summed E-state index contributed by atoms with van der Waals surface area (Å²) in [5.41, 5.74) is -1.68. The van der Waals surface area contributed by atoms with Gasteiger partial charge in [-0.2, -0.15) is 5.26 Å². The normalized spacial score (nSPS) is 10.2. The molecule has 0 bridgehead atoms. The van der Waals surface area contributed by atoms with Crippen LogP contribution in [0.2, 0.25) is 0 Å². The lowest BCUT2D eigenvalue weighted by Gasteiger charge is -2.07. The van der Waals surface area contributed by atoms with Crippen LogP contribution < -0.4 is 0 Å². The lowest BCUT2D eigenvalue weighted by atomic mass is 10.1. The fourth-order valence-corrected chi connectivity index (χ4v) is 1.35. The van der Waals surface area contributed by atoms with Crippen molar-refractivity contribution in [1.29, 1.82) is 5.26 Å². The number of hydrogen-bond donors (Lipinski definition) is 1. The number of aromatic nitrogens is 1. The maximum atomic E-state index is 12.4. The van der Waals surface area contributed by atoms with Crippen LogP contribution in [0.4, 0.5) is 8.78 Å². The highest BCUT2D eigenvalue weighted by Crippen LogP contribution is 2.22. The van der Waals surface area contributed by atoms with E-state index in [0.717, 1.165) is 6.07 Å². The van der Waals surface area contributed by atoms with Gasteiger partial charge >= 0.3 is 5.97 Å². The van der Waals surface area contributed by atoms with Crippen LogP contribution in [0.15, 0.2) is 6.07 Å². The van der Waals surface area contributed by atoms with Crippen molar-refractivity contribution in [3.8, 4) is 6.07 Å². The Morgan fingerprint density at radius 2 is 2.31 bits per heavy atom. The standard InChI is InChI=1S/C9H5ClF2N2O2/c10-2-6-7(9(15)16)4(3-13)1-5(14-6)8(11)12/h1,8H,2H2,(H,15,16). The maximum absolute atomic E-state index is 12.4. The van der Waals surface area contributed by atoms with E-state index >= 15 is 0 Å². The van der Waals surface area contributed by atoms with Crippen molar-refractivity contribution in [3.63, 3.8) is 0 Å². The topological polar surface area (TPSA) is 74.0 Å². The Morgan fingerprint density at radius 1 is 1.69 bits per heavy atom. The smallest absolute Gasteiger partial charge is 0.338 e. The molecular weight excluding hydrogens is 242 g/mol. The Hall–Kier alpha value is -1.74. The molecule has 0 saturated heterocycles. The predicted molar refractivity (Wildman–Crippen MR) is 50.4 cm³/mol. The van der Waals surface area contributed by atoms with Crippen LogP contribution in [0.3, 0.4) is 0 Å². The molecule has 1 rings (SSSR count). The van der Waals surface area contributed by atoms with Gasteiger partial charge < -0.3 is 5.11 Å². The van der Waals surface area contributed by atoms with Gasteiger partial charge in [0.2, 0.25) is 0 Å². The maximum Gasteiger partial charge on any atom is 0.338 e. The van der Waals surface area contributed by atoms with E-state index in [1.807, 2.05) is 0 Å². The Balaban J connectivity index is 3.51. The van der Waals surface area contributed by atoms with Gasteiger partial charge in [0, 0.05) is 0 Å². The number of carboxylic acid groups (broad SMARTS) is 1. The molecule has 84 valence electrons. The fraction of sp³-hybridized carbons (Fsp3) is 0.222. The highest BCUT2D eigenvalue weighted by atomic mass is 35.5. The summed E-state index contributed by atoms with van der Waals surface area (Å²) in [7, 11) is 0. The van der Waals surface area contributed by atoms with Gasteiger partial charge in [-0.3, -0.25) is 0 Å². The zero-order chi connectivity index (χ0) is 12.3. The van der Waals surface area contributed by atoms with E-state index in [2.05, 4.69) is 4.98 Å². The first-order chi connectivity index (χ1) is 7.51. The average molecular weight is 247 g/mol. The molecule has 0 radical (unpaired) electrons. The molecule has 0 aromatic carbocycles. The minimum atomic E-state index is -2.88. The van der Waals surface area contributed by atoms with Crippen molar-refractivity contribution < 1.29 is 18.7 Å². The number of carbonyl (C=O) groups is 1. The van der Waals surface area contributed by atoms with Gasteiger partial charge in [0.05, 0.1) is 22.7 Å². The van der Waals surface area contributed by atoms with Crippen LogP contribution >= 0.6 is 11.6 Å². The molecule has 1 aromatic heterocycles. The van der Waals surface area contributed by atoms with E-state index in [-0.39, 0.29) is 17.1 Å². The quantitative estimate of drug-likeness (QED) is 0.831. The monoisotopic (exact) mass is 246 g/mol. The summed E-state index contributed by atoms with van der Waals surface area (Å²) in [5, 5.41) is 17.5. The van der Waals surface area contributed by atoms with Crippen molar-refractivity contribution in [2.24, 2.45) is 0 Å².